The van der Waals surface area contributed by atoms with Crippen LogP contribution in [-0.2, 0) is 6.54 Å². The zero-order valence-electron chi connectivity index (χ0n) is 5.96. The molecule has 0 aliphatic carbocycles. The van der Waals surface area contributed by atoms with Crippen molar-refractivity contribution in [2.75, 3.05) is 0 Å². The van der Waals surface area contributed by atoms with Gasteiger partial charge in [-0.25, -0.2) is 0 Å². The first-order valence-corrected chi connectivity index (χ1v) is 3.45. The van der Waals surface area contributed by atoms with Crippen LogP contribution in [0.2, 0.25) is 0 Å². The molecule has 1 heterocycles. The summed E-state index contributed by atoms with van der Waals surface area (Å²) in [4.78, 5) is 4.17. The van der Waals surface area contributed by atoms with Gasteiger partial charge in [-0.05, 0) is 18.1 Å². The van der Waals surface area contributed by atoms with E-state index in [0.717, 1.165) is 6.54 Å². The van der Waals surface area contributed by atoms with Crippen molar-refractivity contribution >= 4 is 6.21 Å². The van der Waals surface area contributed by atoms with Gasteiger partial charge in [0.15, 0.2) is 0 Å². The second-order valence-corrected chi connectivity index (χ2v) is 2.67. The van der Waals surface area contributed by atoms with Crippen molar-refractivity contribution in [3.8, 4) is 0 Å². The highest BCUT2D eigenvalue weighted by Crippen LogP contribution is 2.15. The molecule has 50 valence electrons. The van der Waals surface area contributed by atoms with E-state index in [1.807, 2.05) is 6.21 Å². The number of hydrogen-bond donors (Lipinski definition) is 0. The van der Waals surface area contributed by atoms with Crippen molar-refractivity contribution in [2.45, 2.75) is 13.5 Å². The fraction of sp³-hybridized carbons (Fsp3) is 0.222. The van der Waals surface area contributed by atoms with Gasteiger partial charge in [0.2, 0.25) is 0 Å². The molecule has 1 aromatic rings. The van der Waals surface area contributed by atoms with Gasteiger partial charge < -0.3 is 0 Å². The minimum absolute atomic E-state index is 0.872. The SMILES string of the molecule is Cc1ccc2c(c1)CN=C2. The zero-order chi connectivity index (χ0) is 6.97. The van der Waals surface area contributed by atoms with Crippen LogP contribution in [-0.4, -0.2) is 6.21 Å². The van der Waals surface area contributed by atoms with E-state index in [1.54, 1.807) is 0 Å². The van der Waals surface area contributed by atoms with Crippen molar-refractivity contribution in [3.63, 3.8) is 0 Å². The molecule has 10 heavy (non-hydrogen) atoms. The Morgan fingerprint density at radius 3 is 3.20 bits per heavy atom. The molecule has 0 fully saturated rings. The van der Waals surface area contributed by atoms with E-state index in [4.69, 9.17) is 0 Å². The second kappa shape index (κ2) is 1.94. The van der Waals surface area contributed by atoms with Crippen molar-refractivity contribution in [3.05, 3.63) is 34.9 Å². The Kier molecular flexibility index (Phi) is 1.10. The highest BCUT2D eigenvalue weighted by atomic mass is 14.7. The van der Waals surface area contributed by atoms with Crippen LogP contribution in [0.15, 0.2) is 23.2 Å². The quantitative estimate of drug-likeness (QED) is 0.510. The van der Waals surface area contributed by atoms with Crippen molar-refractivity contribution < 1.29 is 0 Å². The summed E-state index contributed by atoms with van der Waals surface area (Å²) in [5, 5.41) is 0. The zero-order valence-corrected chi connectivity index (χ0v) is 5.96. The molecule has 1 nitrogen and oxygen atoms in total. The van der Waals surface area contributed by atoms with Gasteiger partial charge in [0.25, 0.3) is 0 Å². The lowest BCUT2D eigenvalue weighted by molar-refractivity contribution is 1.11. The van der Waals surface area contributed by atoms with Gasteiger partial charge >= 0.3 is 0 Å². The number of aryl methyl sites for hydroxylation is 1. The third-order valence-corrected chi connectivity index (χ3v) is 1.79. The topological polar surface area (TPSA) is 12.4 Å². The Morgan fingerprint density at radius 1 is 1.40 bits per heavy atom. The van der Waals surface area contributed by atoms with E-state index >= 15 is 0 Å². The van der Waals surface area contributed by atoms with Crippen LogP contribution in [0.3, 0.4) is 0 Å². The maximum absolute atomic E-state index is 4.17. The Labute approximate surface area is 60.4 Å². The number of nitrogens with zero attached hydrogens (tertiary/aromatic N) is 1. The van der Waals surface area contributed by atoms with Crippen LogP contribution in [0, 0.1) is 6.92 Å². The first kappa shape index (κ1) is 5.66. The van der Waals surface area contributed by atoms with Gasteiger partial charge in [-0.15, -0.1) is 0 Å². The van der Waals surface area contributed by atoms with Crippen molar-refractivity contribution in [1.82, 2.24) is 0 Å². The molecule has 0 bridgehead atoms. The lowest BCUT2D eigenvalue weighted by Gasteiger charge is -1.96. The number of hydrogen-bond acceptors (Lipinski definition) is 1. The molecule has 0 aromatic heterocycles. The molecule has 2 rings (SSSR count). The molecule has 0 saturated heterocycles. The largest absolute Gasteiger partial charge is 0.288 e. The molecule has 0 saturated carbocycles. The highest BCUT2D eigenvalue weighted by Gasteiger charge is 2.03. The van der Waals surface area contributed by atoms with Gasteiger partial charge in [-0.3, -0.25) is 4.99 Å². The number of fused-ring (bicyclic) bond motifs is 1. The molecule has 0 unspecified atom stereocenters. The van der Waals surface area contributed by atoms with Gasteiger partial charge in [-0.1, -0.05) is 23.8 Å². The Balaban J connectivity index is 2.59. The third kappa shape index (κ3) is 0.747. The summed E-state index contributed by atoms with van der Waals surface area (Å²) in [6, 6.07) is 6.44. The van der Waals surface area contributed by atoms with Crippen LogP contribution in [0.25, 0.3) is 0 Å². The maximum atomic E-state index is 4.17. The Morgan fingerprint density at radius 2 is 2.30 bits per heavy atom. The lowest BCUT2D eigenvalue weighted by atomic mass is 10.1. The monoisotopic (exact) mass is 131 g/mol. The Bertz CT molecular complexity index is 287. The molecule has 0 amide bonds. The Hall–Kier alpha value is -1.11. The van der Waals surface area contributed by atoms with Crippen LogP contribution < -0.4 is 0 Å². The molecule has 1 aromatic carbocycles. The molecule has 1 heteroatoms. The number of aliphatic imine (C=N–C) groups is 1. The molecule has 0 spiro atoms. The summed E-state index contributed by atoms with van der Waals surface area (Å²) in [5.74, 6) is 0. The third-order valence-electron chi connectivity index (χ3n) is 1.79. The minimum atomic E-state index is 0.872. The fourth-order valence-electron chi connectivity index (χ4n) is 1.24. The van der Waals surface area contributed by atoms with Crippen LogP contribution >= 0.6 is 0 Å². The lowest BCUT2D eigenvalue weighted by Crippen LogP contribution is -1.83. The van der Waals surface area contributed by atoms with E-state index < -0.39 is 0 Å². The van der Waals surface area contributed by atoms with Gasteiger partial charge in [0, 0.05) is 6.21 Å². The smallest absolute Gasteiger partial charge is 0.0646 e. The van der Waals surface area contributed by atoms with E-state index in [9.17, 15) is 0 Å². The standard InChI is InChI=1S/C9H9N/c1-7-2-3-8-5-10-6-9(8)4-7/h2-5H,6H2,1H3. The summed E-state index contributed by atoms with van der Waals surface area (Å²) < 4.78 is 0. The fourth-order valence-corrected chi connectivity index (χ4v) is 1.24. The first-order chi connectivity index (χ1) is 4.86. The number of benzene rings is 1. The van der Waals surface area contributed by atoms with Crippen LogP contribution in [0.1, 0.15) is 16.7 Å². The number of rotatable bonds is 0. The summed E-state index contributed by atoms with van der Waals surface area (Å²) >= 11 is 0. The second-order valence-electron chi connectivity index (χ2n) is 2.67. The van der Waals surface area contributed by atoms with Gasteiger partial charge in [0.05, 0.1) is 6.54 Å². The van der Waals surface area contributed by atoms with Crippen molar-refractivity contribution in [1.29, 1.82) is 0 Å². The molecule has 0 N–H and O–H groups in total. The molecule has 0 radical (unpaired) electrons. The highest BCUT2D eigenvalue weighted by molar-refractivity contribution is 5.84. The average molecular weight is 131 g/mol. The summed E-state index contributed by atoms with van der Waals surface area (Å²) in [6.07, 6.45) is 1.94. The van der Waals surface area contributed by atoms with E-state index in [0.29, 0.717) is 0 Å². The van der Waals surface area contributed by atoms with Gasteiger partial charge in [0.1, 0.15) is 0 Å². The first-order valence-electron chi connectivity index (χ1n) is 3.45. The maximum Gasteiger partial charge on any atom is 0.0646 e. The van der Waals surface area contributed by atoms with E-state index in [2.05, 4.69) is 30.1 Å². The summed E-state index contributed by atoms with van der Waals surface area (Å²) in [7, 11) is 0. The van der Waals surface area contributed by atoms with Crippen LogP contribution in [0.4, 0.5) is 0 Å². The molecule has 0 atom stereocenters. The predicted octanol–water partition coefficient (Wildman–Crippen LogP) is 1.93. The van der Waals surface area contributed by atoms with Gasteiger partial charge in [-0.2, -0.15) is 0 Å². The predicted molar refractivity (Wildman–Crippen MR) is 42.5 cm³/mol. The summed E-state index contributed by atoms with van der Waals surface area (Å²) in [5.41, 5.74) is 3.97. The minimum Gasteiger partial charge on any atom is -0.288 e. The molecular formula is C9H9N. The van der Waals surface area contributed by atoms with Crippen molar-refractivity contribution in [2.24, 2.45) is 4.99 Å². The van der Waals surface area contributed by atoms with E-state index in [-0.39, 0.29) is 0 Å². The molecule has 1 aliphatic heterocycles. The normalized spacial score (nSPS) is 13.7. The molecule has 1 aliphatic rings. The van der Waals surface area contributed by atoms with Crippen LogP contribution in [0.5, 0.6) is 0 Å². The van der Waals surface area contributed by atoms with E-state index in [1.165, 1.54) is 16.7 Å². The molecular weight excluding hydrogens is 122 g/mol. The summed E-state index contributed by atoms with van der Waals surface area (Å²) in [6.45, 7) is 2.98. The average Bonchev–Trinajstić information content (AvgIpc) is 2.33.